The molecule has 0 fully saturated rings. The molecule has 1 heterocycles. The summed E-state index contributed by atoms with van der Waals surface area (Å²) in [7, 11) is 0. The van der Waals surface area contributed by atoms with E-state index in [-0.39, 0.29) is 5.69 Å². The van der Waals surface area contributed by atoms with E-state index < -0.39 is 4.92 Å². The van der Waals surface area contributed by atoms with Crippen molar-refractivity contribution in [2.45, 2.75) is 0 Å². The fourth-order valence-corrected chi connectivity index (χ4v) is 3.04. The molecule has 0 atom stereocenters. The first kappa shape index (κ1) is 14.4. The summed E-state index contributed by atoms with van der Waals surface area (Å²) in [5, 5.41) is 17.8. The number of nitro benzene ring substituents is 1. The number of non-ortho nitro benzene ring substituents is 1. The number of para-hydroxylation sites is 1. The number of hydrogen-bond donors (Lipinski definition) is 2. The number of nitro groups is 1. The minimum atomic E-state index is -0.423. The van der Waals surface area contributed by atoms with Gasteiger partial charge in [-0.05, 0) is 30.4 Å². The molecular weight excluding hydrogens is 320 g/mol. The Hall–Kier alpha value is -2.58. The molecule has 0 saturated heterocycles. The second kappa shape index (κ2) is 6.04. The standard InChI is InChI=1S/C14H10N4O2S2/c19-18(20)10-6-7-11-12(8-10)22-14(16-11)17-13(21)15-9-4-2-1-3-5-9/h1-8H,(H2,15,16,17,21). The van der Waals surface area contributed by atoms with E-state index in [1.807, 2.05) is 30.3 Å². The smallest absolute Gasteiger partial charge is 0.270 e. The molecule has 2 N–H and O–H groups in total. The van der Waals surface area contributed by atoms with Crippen LogP contribution < -0.4 is 10.6 Å². The molecule has 1 aromatic heterocycles. The number of rotatable bonds is 3. The summed E-state index contributed by atoms with van der Waals surface area (Å²) in [6.45, 7) is 0. The summed E-state index contributed by atoms with van der Waals surface area (Å²) in [6.07, 6.45) is 0. The van der Waals surface area contributed by atoms with Crippen molar-refractivity contribution in [1.82, 2.24) is 4.98 Å². The van der Waals surface area contributed by atoms with Crippen LogP contribution in [0.5, 0.6) is 0 Å². The average molecular weight is 330 g/mol. The van der Waals surface area contributed by atoms with Gasteiger partial charge < -0.3 is 10.6 Å². The molecule has 0 saturated carbocycles. The molecule has 3 rings (SSSR count). The van der Waals surface area contributed by atoms with Gasteiger partial charge in [0, 0.05) is 17.8 Å². The first-order valence-electron chi connectivity index (χ1n) is 6.30. The van der Waals surface area contributed by atoms with Crippen LogP contribution in [-0.2, 0) is 0 Å². The highest BCUT2D eigenvalue weighted by Gasteiger charge is 2.11. The zero-order chi connectivity index (χ0) is 15.5. The molecule has 22 heavy (non-hydrogen) atoms. The van der Waals surface area contributed by atoms with Crippen molar-refractivity contribution >= 4 is 55.4 Å². The van der Waals surface area contributed by atoms with Gasteiger partial charge in [-0.15, -0.1) is 0 Å². The molecule has 0 amide bonds. The molecule has 110 valence electrons. The van der Waals surface area contributed by atoms with Gasteiger partial charge in [-0.2, -0.15) is 0 Å². The summed E-state index contributed by atoms with van der Waals surface area (Å²) in [6, 6.07) is 14.1. The van der Waals surface area contributed by atoms with Crippen molar-refractivity contribution in [2.24, 2.45) is 0 Å². The highest BCUT2D eigenvalue weighted by Crippen LogP contribution is 2.29. The van der Waals surface area contributed by atoms with Crippen LogP contribution in [-0.4, -0.2) is 15.0 Å². The van der Waals surface area contributed by atoms with Crippen LogP contribution in [0.25, 0.3) is 10.2 Å². The van der Waals surface area contributed by atoms with E-state index in [9.17, 15) is 10.1 Å². The number of aromatic nitrogens is 1. The lowest BCUT2D eigenvalue weighted by Gasteiger charge is -2.07. The third kappa shape index (κ3) is 3.18. The van der Waals surface area contributed by atoms with Crippen LogP contribution >= 0.6 is 23.6 Å². The lowest BCUT2D eigenvalue weighted by atomic mass is 10.3. The quantitative estimate of drug-likeness (QED) is 0.429. The molecule has 0 aliphatic carbocycles. The van der Waals surface area contributed by atoms with Crippen molar-refractivity contribution in [2.75, 3.05) is 10.6 Å². The lowest BCUT2D eigenvalue weighted by Crippen LogP contribution is -2.18. The molecule has 0 aliphatic rings. The van der Waals surface area contributed by atoms with Crippen LogP contribution in [0.3, 0.4) is 0 Å². The Bertz CT molecular complexity index is 848. The number of nitrogens with zero attached hydrogens (tertiary/aromatic N) is 2. The molecule has 2 aromatic carbocycles. The second-order valence-corrected chi connectivity index (χ2v) is 5.81. The first-order valence-corrected chi connectivity index (χ1v) is 7.52. The van der Waals surface area contributed by atoms with E-state index >= 15 is 0 Å². The van der Waals surface area contributed by atoms with Crippen LogP contribution in [0.15, 0.2) is 48.5 Å². The number of hydrogen-bond acceptors (Lipinski definition) is 5. The third-order valence-corrected chi connectivity index (χ3v) is 3.97. The van der Waals surface area contributed by atoms with E-state index in [2.05, 4.69) is 15.6 Å². The van der Waals surface area contributed by atoms with Gasteiger partial charge in [0.25, 0.3) is 5.69 Å². The summed E-state index contributed by atoms with van der Waals surface area (Å²) in [4.78, 5) is 14.7. The van der Waals surface area contributed by atoms with Gasteiger partial charge in [0.1, 0.15) is 0 Å². The maximum absolute atomic E-state index is 10.8. The van der Waals surface area contributed by atoms with Crippen molar-refractivity contribution < 1.29 is 4.92 Å². The Balaban J connectivity index is 1.76. The summed E-state index contributed by atoms with van der Waals surface area (Å²) in [5.41, 5.74) is 1.62. The van der Waals surface area contributed by atoms with E-state index in [4.69, 9.17) is 12.2 Å². The van der Waals surface area contributed by atoms with Gasteiger partial charge in [-0.1, -0.05) is 29.5 Å². The summed E-state index contributed by atoms with van der Waals surface area (Å²) in [5.74, 6) is 0. The predicted octanol–water partition coefficient (Wildman–Crippen LogP) is 4.01. The van der Waals surface area contributed by atoms with Gasteiger partial charge in [0.2, 0.25) is 0 Å². The Morgan fingerprint density at radius 3 is 2.68 bits per heavy atom. The molecule has 6 nitrogen and oxygen atoms in total. The molecule has 0 bridgehead atoms. The molecule has 0 unspecified atom stereocenters. The fourth-order valence-electron chi connectivity index (χ4n) is 1.86. The summed E-state index contributed by atoms with van der Waals surface area (Å²) >= 11 is 6.54. The largest absolute Gasteiger partial charge is 0.332 e. The topological polar surface area (TPSA) is 80.1 Å². The van der Waals surface area contributed by atoms with E-state index in [0.29, 0.717) is 15.8 Å². The van der Waals surface area contributed by atoms with E-state index in [1.54, 1.807) is 6.07 Å². The van der Waals surface area contributed by atoms with Gasteiger partial charge >= 0.3 is 0 Å². The number of nitrogens with one attached hydrogen (secondary N) is 2. The highest BCUT2D eigenvalue weighted by molar-refractivity contribution is 7.80. The van der Waals surface area contributed by atoms with Crippen molar-refractivity contribution in [1.29, 1.82) is 0 Å². The average Bonchev–Trinajstić information content (AvgIpc) is 2.89. The molecule has 0 aliphatic heterocycles. The molecular formula is C14H10N4O2S2. The van der Waals surface area contributed by atoms with Crippen LogP contribution in [0.1, 0.15) is 0 Å². The van der Waals surface area contributed by atoms with Crippen LogP contribution in [0.4, 0.5) is 16.5 Å². The van der Waals surface area contributed by atoms with Gasteiger partial charge in [-0.25, -0.2) is 4.98 Å². The minimum absolute atomic E-state index is 0.0488. The highest BCUT2D eigenvalue weighted by atomic mass is 32.1. The third-order valence-electron chi connectivity index (χ3n) is 2.83. The zero-order valence-electron chi connectivity index (χ0n) is 11.1. The van der Waals surface area contributed by atoms with Crippen LogP contribution in [0, 0.1) is 10.1 Å². The predicted molar refractivity (Wildman–Crippen MR) is 92.6 cm³/mol. The number of thiazole rings is 1. The Morgan fingerprint density at radius 1 is 1.18 bits per heavy atom. The SMILES string of the molecule is O=[N+]([O-])c1ccc2nc(NC(=S)Nc3ccccc3)sc2c1. The number of thiocarbonyl (C=S) groups is 1. The first-order chi connectivity index (χ1) is 10.6. The van der Waals surface area contributed by atoms with Crippen LogP contribution in [0.2, 0.25) is 0 Å². The van der Waals surface area contributed by atoms with Gasteiger partial charge in [-0.3, -0.25) is 10.1 Å². The monoisotopic (exact) mass is 330 g/mol. The number of benzene rings is 2. The Labute approximate surface area is 135 Å². The number of fused-ring (bicyclic) bond motifs is 1. The Kier molecular flexibility index (Phi) is 3.94. The minimum Gasteiger partial charge on any atom is -0.332 e. The van der Waals surface area contributed by atoms with Crippen molar-refractivity contribution in [3.63, 3.8) is 0 Å². The molecule has 0 radical (unpaired) electrons. The summed E-state index contributed by atoms with van der Waals surface area (Å²) < 4.78 is 0.735. The number of anilines is 2. The van der Waals surface area contributed by atoms with Crippen molar-refractivity contribution in [3.05, 3.63) is 58.6 Å². The Morgan fingerprint density at radius 2 is 1.95 bits per heavy atom. The lowest BCUT2D eigenvalue weighted by molar-refractivity contribution is -0.384. The van der Waals surface area contributed by atoms with Crippen molar-refractivity contribution in [3.8, 4) is 0 Å². The van der Waals surface area contributed by atoms with Gasteiger partial charge in [0.15, 0.2) is 10.2 Å². The second-order valence-electron chi connectivity index (χ2n) is 4.37. The zero-order valence-corrected chi connectivity index (χ0v) is 12.8. The maximum atomic E-state index is 10.8. The molecule has 0 spiro atoms. The maximum Gasteiger partial charge on any atom is 0.270 e. The fraction of sp³-hybridized carbons (Fsp3) is 0. The molecule has 8 heteroatoms. The van der Waals surface area contributed by atoms with E-state index in [0.717, 1.165) is 10.4 Å². The molecule has 3 aromatic rings. The normalized spacial score (nSPS) is 10.4. The van der Waals surface area contributed by atoms with E-state index in [1.165, 1.54) is 23.5 Å². The van der Waals surface area contributed by atoms with Gasteiger partial charge in [0.05, 0.1) is 15.1 Å².